The third-order valence-corrected chi connectivity index (χ3v) is 5.84. The Bertz CT molecular complexity index is 1140. The van der Waals surface area contributed by atoms with E-state index >= 15 is 0 Å². The summed E-state index contributed by atoms with van der Waals surface area (Å²) in [6, 6.07) is 24.1. The summed E-state index contributed by atoms with van der Waals surface area (Å²) in [6.45, 7) is 7.37. The maximum Gasteiger partial charge on any atom is 0.119 e. The molecule has 0 aliphatic rings. The maximum atomic E-state index is 6.14. The van der Waals surface area contributed by atoms with Crippen molar-refractivity contribution in [3.63, 3.8) is 0 Å². The van der Waals surface area contributed by atoms with Gasteiger partial charge in [-0.25, -0.2) is 0 Å². The Morgan fingerprint density at radius 1 is 0.528 bits per heavy atom. The van der Waals surface area contributed by atoms with Crippen LogP contribution in [0.1, 0.15) is 88.0 Å². The van der Waals surface area contributed by atoms with Crippen LogP contribution in [-0.2, 0) is 0 Å². The smallest absolute Gasteiger partial charge is 0.119 e. The van der Waals surface area contributed by atoms with Crippen LogP contribution in [0.5, 0.6) is 11.5 Å². The monoisotopic (exact) mass is 478 g/mol. The Morgan fingerprint density at radius 2 is 0.944 bits per heavy atom. The molecule has 0 fully saturated rings. The Labute approximate surface area is 218 Å². The molecular formula is C34H38O2. The lowest BCUT2D eigenvalue weighted by molar-refractivity contribution is 0.179. The second-order valence-corrected chi connectivity index (χ2v) is 9.00. The highest BCUT2D eigenvalue weighted by Crippen LogP contribution is 2.18. The van der Waals surface area contributed by atoms with Gasteiger partial charge in [-0.05, 0) is 92.1 Å². The van der Waals surface area contributed by atoms with Crippen LogP contribution in [0.3, 0.4) is 0 Å². The van der Waals surface area contributed by atoms with E-state index in [0.29, 0.717) is 6.10 Å². The zero-order chi connectivity index (χ0) is 25.4. The largest absolute Gasteiger partial charge is 0.494 e. The summed E-state index contributed by atoms with van der Waals surface area (Å²) < 4.78 is 11.9. The average molecular weight is 479 g/mol. The molecule has 0 radical (unpaired) electrons. The maximum absolute atomic E-state index is 6.14. The molecular weight excluding hydrogens is 440 g/mol. The number of hydrogen-bond donors (Lipinski definition) is 0. The van der Waals surface area contributed by atoms with Gasteiger partial charge in [0.1, 0.15) is 11.5 Å². The third-order valence-electron chi connectivity index (χ3n) is 5.84. The lowest BCUT2D eigenvalue weighted by Gasteiger charge is -2.17. The molecule has 2 heteroatoms. The Morgan fingerprint density at radius 3 is 1.36 bits per heavy atom. The highest BCUT2D eigenvalue weighted by Gasteiger charge is 2.08. The van der Waals surface area contributed by atoms with Crippen molar-refractivity contribution >= 4 is 0 Å². The molecule has 0 spiro atoms. The van der Waals surface area contributed by atoms with Gasteiger partial charge in [-0.1, -0.05) is 70.1 Å². The molecule has 0 unspecified atom stereocenters. The third kappa shape index (κ3) is 9.56. The van der Waals surface area contributed by atoms with Gasteiger partial charge in [-0.15, -0.1) is 0 Å². The Kier molecular flexibility index (Phi) is 11.5. The fourth-order valence-electron chi connectivity index (χ4n) is 3.82. The molecule has 0 aliphatic carbocycles. The van der Waals surface area contributed by atoms with Crippen LogP contribution in [0.2, 0.25) is 0 Å². The zero-order valence-electron chi connectivity index (χ0n) is 22.0. The van der Waals surface area contributed by atoms with E-state index in [2.05, 4.69) is 44.5 Å². The second kappa shape index (κ2) is 15.4. The van der Waals surface area contributed by atoms with Crippen molar-refractivity contribution in [1.82, 2.24) is 0 Å². The van der Waals surface area contributed by atoms with Crippen LogP contribution < -0.4 is 9.47 Å². The summed E-state index contributed by atoms with van der Waals surface area (Å²) >= 11 is 0. The minimum atomic E-state index is 0.298. The predicted molar refractivity (Wildman–Crippen MR) is 151 cm³/mol. The first-order valence-electron chi connectivity index (χ1n) is 13.3. The molecule has 0 aliphatic heterocycles. The fourth-order valence-corrected chi connectivity index (χ4v) is 3.82. The molecule has 0 heterocycles. The summed E-state index contributed by atoms with van der Waals surface area (Å²) in [4.78, 5) is 0. The Hall–Kier alpha value is -3.62. The molecule has 36 heavy (non-hydrogen) atoms. The van der Waals surface area contributed by atoms with E-state index in [9.17, 15) is 0 Å². The molecule has 2 nitrogen and oxygen atoms in total. The topological polar surface area (TPSA) is 18.5 Å². The molecule has 3 rings (SSSR count). The van der Waals surface area contributed by atoms with E-state index in [4.69, 9.17) is 9.47 Å². The van der Waals surface area contributed by atoms with Gasteiger partial charge in [0.15, 0.2) is 0 Å². The normalized spacial score (nSPS) is 10.2. The second-order valence-electron chi connectivity index (χ2n) is 9.00. The van der Waals surface area contributed by atoms with Gasteiger partial charge in [0.25, 0.3) is 0 Å². The first-order valence-corrected chi connectivity index (χ1v) is 13.3. The van der Waals surface area contributed by atoms with Gasteiger partial charge in [0.05, 0.1) is 12.7 Å². The van der Waals surface area contributed by atoms with Crippen molar-refractivity contribution < 1.29 is 9.47 Å². The Balaban J connectivity index is 1.53. The average Bonchev–Trinajstić information content (AvgIpc) is 2.91. The number of rotatable bonds is 11. The molecule has 0 aromatic heterocycles. The SMILES string of the molecule is CCCCCOc1ccc(C#Cc2ccc(C#Cc3ccc(OC(CCC)CCC)cc3)cc2)cc1. The standard InChI is InChI=1S/C34H38O2/c1-4-7-8-27-35-32-23-19-30(20-24-32)17-15-28-11-13-29(14-12-28)16-18-31-21-25-34(26-22-31)36-33(9-5-2)10-6-3/h11-14,19-26,33H,4-10,27H2,1-3H3. The van der Waals surface area contributed by atoms with Gasteiger partial charge < -0.3 is 9.47 Å². The van der Waals surface area contributed by atoms with Crippen molar-refractivity contribution in [3.05, 3.63) is 95.1 Å². The van der Waals surface area contributed by atoms with Crippen LogP contribution >= 0.6 is 0 Å². The van der Waals surface area contributed by atoms with Gasteiger partial charge >= 0.3 is 0 Å². The van der Waals surface area contributed by atoms with Gasteiger partial charge in [0, 0.05) is 22.3 Å². The highest BCUT2D eigenvalue weighted by molar-refractivity contribution is 5.48. The molecule has 0 amide bonds. The van der Waals surface area contributed by atoms with E-state index in [-0.39, 0.29) is 0 Å². The van der Waals surface area contributed by atoms with Crippen molar-refractivity contribution in [1.29, 1.82) is 0 Å². The van der Waals surface area contributed by atoms with Crippen LogP contribution in [-0.4, -0.2) is 12.7 Å². The molecule has 0 saturated carbocycles. The van der Waals surface area contributed by atoms with Crippen molar-refractivity contribution in [2.75, 3.05) is 6.61 Å². The van der Waals surface area contributed by atoms with Crippen LogP contribution in [0.25, 0.3) is 0 Å². The predicted octanol–water partition coefficient (Wildman–Crippen LogP) is 8.40. The van der Waals surface area contributed by atoms with Gasteiger partial charge in [-0.3, -0.25) is 0 Å². The summed E-state index contributed by atoms with van der Waals surface area (Å²) in [6.07, 6.45) is 8.27. The minimum absolute atomic E-state index is 0.298. The van der Waals surface area contributed by atoms with Crippen LogP contribution in [0.15, 0.2) is 72.8 Å². The molecule has 3 aromatic carbocycles. The van der Waals surface area contributed by atoms with Crippen LogP contribution in [0, 0.1) is 23.7 Å². The van der Waals surface area contributed by atoms with Crippen molar-refractivity contribution in [2.45, 2.75) is 71.8 Å². The lowest BCUT2D eigenvalue weighted by Crippen LogP contribution is -2.15. The summed E-state index contributed by atoms with van der Waals surface area (Å²) in [5.41, 5.74) is 3.89. The van der Waals surface area contributed by atoms with Gasteiger partial charge in [0.2, 0.25) is 0 Å². The summed E-state index contributed by atoms with van der Waals surface area (Å²) in [7, 11) is 0. The summed E-state index contributed by atoms with van der Waals surface area (Å²) in [5, 5.41) is 0. The molecule has 0 N–H and O–H groups in total. The fraction of sp³-hybridized carbons (Fsp3) is 0.353. The first kappa shape index (κ1) is 27.0. The molecule has 186 valence electrons. The van der Waals surface area contributed by atoms with Crippen LogP contribution in [0.4, 0.5) is 0 Å². The molecule has 0 bridgehead atoms. The van der Waals surface area contributed by atoms with E-state index in [0.717, 1.165) is 72.5 Å². The van der Waals surface area contributed by atoms with E-state index < -0.39 is 0 Å². The molecule has 0 atom stereocenters. The van der Waals surface area contributed by atoms with E-state index in [1.165, 1.54) is 12.8 Å². The molecule has 0 saturated heterocycles. The van der Waals surface area contributed by atoms with E-state index in [1.807, 2.05) is 72.8 Å². The quantitative estimate of drug-likeness (QED) is 0.203. The molecule has 3 aromatic rings. The van der Waals surface area contributed by atoms with Crippen molar-refractivity contribution in [3.8, 4) is 35.2 Å². The zero-order valence-corrected chi connectivity index (χ0v) is 22.0. The van der Waals surface area contributed by atoms with E-state index in [1.54, 1.807) is 0 Å². The highest BCUT2D eigenvalue weighted by atomic mass is 16.5. The number of unbranched alkanes of at least 4 members (excludes halogenated alkanes) is 2. The number of benzene rings is 3. The van der Waals surface area contributed by atoms with Crippen molar-refractivity contribution in [2.24, 2.45) is 0 Å². The first-order chi connectivity index (χ1) is 17.7. The van der Waals surface area contributed by atoms with Gasteiger partial charge in [-0.2, -0.15) is 0 Å². The number of ether oxygens (including phenoxy) is 2. The number of hydrogen-bond acceptors (Lipinski definition) is 2. The lowest BCUT2D eigenvalue weighted by atomic mass is 10.1. The summed E-state index contributed by atoms with van der Waals surface area (Å²) in [5.74, 6) is 14.8. The minimum Gasteiger partial charge on any atom is -0.494 e.